The molecule has 5 nitrogen and oxygen atoms in total. The predicted octanol–water partition coefficient (Wildman–Crippen LogP) is 2.26. The van der Waals surface area contributed by atoms with Crippen molar-refractivity contribution < 1.29 is 14.1 Å². The zero-order valence-electron chi connectivity index (χ0n) is 16.9. The van der Waals surface area contributed by atoms with Crippen molar-refractivity contribution in [1.29, 1.82) is 0 Å². The van der Waals surface area contributed by atoms with E-state index in [0.29, 0.717) is 6.54 Å². The zero-order valence-corrected chi connectivity index (χ0v) is 16.9. The molecule has 1 N–H and O–H groups in total. The van der Waals surface area contributed by atoms with Crippen LogP contribution >= 0.6 is 0 Å². The summed E-state index contributed by atoms with van der Waals surface area (Å²) in [6, 6.07) is 6.53. The first-order valence-corrected chi connectivity index (χ1v) is 9.62. The van der Waals surface area contributed by atoms with Crippen molar-refractivity contribution in [2.75, 3.05) is 18.0 Å². The van der Waals surface area contributed by atoms with Crippen LogP contribution < -0.4 is 15.7 Å². The molecule has 2 heterocycles. The van der Waals surface area contributed by atoms with Gasteiger partial charge < -0.3 is 19.5 Å². The van der Waals surface area contributed by atoms with Gasteiger partial charge in [0.25, 0.3) is 0 Å². The summed E-state index contributed by atoms with van der Waals surface area (Å²) in [5.74, 6) is 0.0721. The van der Waals surface area contributed by atoms with Crippen molar-refractivity contribution in [2.24, 2.45) is 0 Å². The molecule has 3 rings (SSSR count). The van der Waals surface area contributed by atoms with Gasteiger partial charge in [-0.1, -0.05) is 12.1 Å². The molecular formula is C20H31BN2O3. The molecule has 2 aliphatic heterocycles. The number of anilines is 1. The van der Waals surface area contributed by atoms with Gasteiger partial charge in [0.2, 0.25) is 5.91 Å². The lowest BCUT2D eigenvalue weighted by Crippen LogP contribution is -2.42. The molecule has 2 aliphatic rings. The van der Waals surface area contributed by atoms with Crippen molar-refractivity contribution >= 4 is 24.2 Å². The highest BCUT2D eigenvalue weighted by atomic mass is 16.7. The number of benzene rings is 1. The molecule has 0 bridgehead atoms. The van der Waals surface area contributed by atoms with E-state index in [2.05, 4.69) is 56.1 Å². The molecule has 1 fully saturated rings. The minimum atomic E-state index is -0.343. The molecule has 1 amide bonds. The number of nitrogens with one attached hydrogen (secondary N) is 1. The number of amides is 1. The maximum atomic E-state index is 12.2. The molecule has 0 aromatic heterocycles. The lowest BCUT2D eigenvalue weighted by molar-refractivity contribution is -0.120. The van der Waals surface area contributed by atoms with E-state index in [1.54, 1.807) is 0 Å². The fourth-order valence-electron chi connectivity index (χ4n) is 3.53. The van der Waals surface area contributed by atoms with Crippen LogP contribution in [0.5, 0.6) is 0 Å². The summed E-state index contributed by atoms with van der Waals surface area (Å²) in [7, 11) is -0.343. The van der Waals surface area contributed by atoms with Gasteiger partial charge in [-0.2, -0.15) is 0 Å². The first-order chi connectivity index (χ1) is 12.1. The van der Waals surface area contributed by atoms with E-state index in [0.717, 1.165) is 30.5 Å². The number of hydrogen-bond acceptors (Lipinski definition) is 4. The van der Waals surface area contributed by atoms with Crippen molar-refractivity contribution in [3.05, 3.63) is 23.8 Å². The van der Waals surface area contributed by atoms with E-state index >= 15 is 0 Å². The van der Waals surface area contributed by atoms with Crippen molar-refractivity contribution in [2.45, 2.75) is 71.6 Å². The fraction of sp³-hybridized carbons (Fsp3) is 0.650. The Labute approximate surface area is 157 Å². The molecule has 0 spiro atoms. The summed E-state index contributed by atoms with van der Waals surface area (Å²) in [5.41, 5.74) is 2.79. The Morgan fingerprint density at radius 1 is 1.23 bits per heavy atom. The molecule has 6 heteroatoms. The van der Waals surface area contributed by atoms with Crippen LogP contribution in [0.25, 0.3) is 0 Å². The smallest absolute Gasteiger partial charge is 0.399 e. The van der Waals surface area contributed by atoms with Crippen LogP contribution in [0.3, 0.4) is 0 Å². The van der Waals surface area contributed by atoms with Crippen LogP contribution in [0.2, 0.25) is 0 Å². The van der Waals surface area contributed by atoms with Gasteiger partial charge in [-0.3, -0.25) is 4.79 Å². The van der Waals surface area contributed by atoms with Gasteiger partial charge >= 0.3 is 7.12 Å². The number of carbonyl (C=O) groups excluding carboxylic acids is 1. The van der Waals surface area contributed by atoms with E-state index in [-0.39, 0.29) is 30.3 Å². The van der Waals surface area contributed by atoms with Gasteiger partial charge in [0.05, 0.1) is 17.7 Å². The third-order valence-corrected chi connectivity index (χ3v) is 5.63. The quantitative estimate of drug-likeness (QED) is 0.839. The predicted molar refractivity (Wildman–Crippen MR) is 106 cm³/mol. The summed E-state index contributed by atoms with van der Waals surface area (Å²) in [5, 5.41) is 2.97. The summed E-state index contributed by atoms with van der Waals surface area (Å²) in [6.07, 6.45) is 2.07. The van der Waals surface area contributed by atoms with Crippen LogP contribution in [0.1, 0.15) is 53.5 Å². The van der Waals surface area contributed by atoms with Gasteiger partial charge in [-0.05, 0) is 71.5 Å². The van der Waals surface area contributed by atoms with E-state index < -0.39 is 0 Å². The van der Waals surface area contributed by atoms with Crippen molar-refractivity contribution in [3.63, 3.8) is 0 Å². The number of carbonyl (C=O) groups is 1. The Balaban J connectivity index is 1.78. The Kier molecular flexibility index (Phi) is 5.10. The third kappa shape index (κ3) is 3.76. The van der Waals surface area contributed by atoms with Gasteiger partial charge in [0.15, 0.2) is 0 Å². The van der Waals surface area contributed by atoms with Crippen LogP contribution in [0.15, 0.2) is 18.2 Å². The monoisotopic (exact) mass is 358 g/mol. The summed E-state index contributed by atoms with van der Waals surface area (Å²) in [4.78, 5) is 14.3. The highest BCUT2D eigenvalue weighted by molar-refractivity contribution is 6.62. The van der Waals surface area contributed by atoms with E-state index in [4.69, 9.17) is 9.31 Å². The Morgan fingerprint density at radius 3 is 2.50 bits per heavy atom. The molecule has 26 heavy (non-hydrogen) atoms. The summed E-state index contributed by atoms with van der Waals surface area (Å²) < 4.78 is 12.4. The maximum absolute atomic E-state index is 12.2. The zero-order chi connectivity index (χ0) is 19.1. The molecule has 142 valence electrons. The average molecular weight is 358 g/mol. The number of hydrogen-bond donors (Lipinski definition) is 1. The van der Waals surface area contributed by atoms with Gasteiger partial charge in [-0.15, -0.1) is 0 Å². The van der Waals surface area contributed by atoms with Crippen molar-refractivity contribution in [1.82, 2.24) is 5.32 Å². The molecule has 1 aromatic carbocycles. The normalized spacial score (nSPS) is 21.0. The Bertz CT molecular complexity index is 672. The first kappa shape index (κ1) is 19.2. The largest absolute Gasteiger partial charge is 0.494 e. The maximum Gasteiger partial charge on any atom is 0.494 e. The van der Waals surface area contributed by atoms with Gasteiger partial charge in [0, 0.05) is 18.3 Å². The topological polar surface area (TPSA) is 50.8 Å². The lowest BCUT2D eigenvalue weighted by atomic mass is 9.77. The van der Waals surface area contributed by atoms with Crippen LogP contribution in [-0.2, 0) is 20.5 Å². The molecular weight excluding hydrogens is 327 g/mol. The number of fused-ring (bicyclic) bond motifs is 1. The second-order valence-corrected chi connectivity index (χ2v) is 8.72. The second kappa shape index (κ2) is 6.89. The lowest BCUT2D eigenvalue weighted by Gasteiger charge is -2.32. The minimum absolute atomic E-state index is 0.0721. The molecule has 0 atom stereocenters. The Morgan fingerprint density at radius 2 is 1.88 bits per heavy atom. The Hall–Kier alpha value is -1.53. The van der Waals surface area contributed by atoms with E-state index in [9.17, 15) is 4.79 Å². The van der Waals surface area contributed by atoms with Gasteiger partial charge in [0.1, 0.15) is 0 Å². The first-order valence-electron chi connectivity index (χ1n) is 9.62. The standard InChI is InChI=1S/C20H31BN2O3/c1-14(2)22-18(24)13-23-11-7-8-15-12-16(9-10-17(15)23)21-25-19(3,4)20(5,6)26-21/h9-10,12,14H,7-8,11,13H2,1-6H3,(H,22,24). The molecule has 0 saturated carbocycles. The average Bonchev–Trinajstić information content (AvgIpc) is 2.74. The highest BCUT2D eigenvalue weighted by Crippen LogP contribution is 2.37. The fourth-order valence-corrected chi connectivity index (χ4v) is 3.53. The van der Waals surface area contributed by atoms with E-state index in [1.807, 2.05) is 13.8 Å². The molecule has 0 radical (unpaired) electrons. The van der Waals surface area contributed by atoms with E-state index in [1.165, 1.54) is 5.56 Å². The third-order valence-electron chi connectivity index (χ3n) is 5.63. The molecule has 1 aromatic rings. The number of aryl methyl sites for hydroxylation is 1. The molecule has 0 unspecified atom stereocenters. The second-order valence-electron chi connectivity index (χ2n) is 8.72. The van der Waals surface area contributed by atoms with Gasteiger partial charge in [-0.25, -0.2) is 0 Å². The minimum Gasteiger partial charge on any atom is -0.399 e. The highest BCUT2D eigenvalue weighted by Gasteiger charge is 2.51. The summed E-state index contributed by atoms with van der Waals surface area (Å²) in [6.45, 7) is 13.6. The molecule has 1 saturated heterocycles. The molecule has 0 aliphatic carbocycles. The number of nitrogens with zero attached hydrogens (tertiary/aromatic N) is 1. The van der Waals surface area contributed by atoms with Crippen LogP contribution in [-0.4, -0.2) is 43.4 Å². The SMILES string of the molecule is CC(C)NC(=O)CN1CCCc2cc(B3OC(C)(C)C(C)(C)O3)ccc21. The summed E-state index contributed by atoms with van der Waals surface area (Å²) >= 11 is 0. The van der Waals surface area contributed by atoms with Crippen molar-refractivity contribution in [3.8, 4) is 0 Å². The van der Waals surface area contributed by atoms with Crippen LogP contribution in [0.4, 0.5) is 5.69 Å². The van der Waals surface area contributed by atoms with Crippen LogP contribution in [0, 0.1) is 0 Å². The number of rotatable bonds is 4.